The van der Waals surface area contributed by atoms with Gasteiger partial charge in [-0.1, -0.05) is 32.0 Å². The molecule has 1 aromatic rings. The Morgan fingerprint density at radius 3 is 2.57 bits per heavy atom. The van der Waals surface area contributed by atoms with E-state index < -0.39 is 0 Å². The topological polar surface area (TPSA) is 39.7 Å². The van der Waals surface area contributed by atoms with E-state index in [1.807, 2.05) is 25.1 Å². The lowest BCUT2D eigenvalue weighted by Gasteiger charge is -2.15. The number of nitrogens with one attached hydrogen (secondary N) is 1. The van der Waals surface area contributed by atoms with E-state index in [9.17, 15) is 0 Å². The number of methoxy groups -OCH3 is 1. The Labute approximate surface area is 128 Å². The standard InChI is InChI=1S/C17H29NO3/c1-14(2)11-18-12-16-7-5-6-8-17(16)21-10-9-20-15(3)13-19-4/h5-8,14-15,18H,9-13H2,1-4H3. The molecule has 120 valence electrons. The zero-order valence-corrected chi connectivity index (χ0v) is 13.7. The molecule has 0 aliphatic heterocycles. The van der Waals surface area contributed by atoms with E-state index in [4.69, 9.17) is 14.2 Å². The van der Waals surface area contributed by atoms with Crippen LogP contribution >= 0.6 is 0 Å². The summed E-state index contributed by atoms with van der Waals surface area (Å²) in [6, 6.07) is 8.13. The van der Waals surface area contributed by atoms with Gasteiger partial charge in [-0.25, -0.2) is 0 Å². The molecular formula is C17H29NO3. The van der Waals surface area contributed by atoms with Crippen molar-refractivity contribution in [2.75, 3.05) is 33.5 Å². The second kappa shape index (κ2) is 10.6. The summed E-state index contributed by atoms with van der Waals surface area (Å²) in [7, 11) is 1.68. The van der Waals surface area contributed by atoms with E-state index in [1.165, 1.54) is 5.56 Å². The molecule has 1 aromatic carbocycles. The average Bonchev–Trinajstić information content (AvgIpc) is 2.45. The maximum Gasteiger partial charge on any atom is 0.123 e. The molecule has 4 heteroatoms. The third-order valence-electron chi connectivity index (χ3n) is 2.99. The van der Waals surface area contributed by atoms with Gasteiger partial charge < -0.3 is 19.5 Å². The molecule has 21 heavy (non-hydrogen) atoms. The molecule has 0 spiro atoms. The predicted octanol–water partition coefficient (Wildman–Crippen LogP) is 2.86. The third-order valence-corrected chi connectivity index (χ3v) is 2.99. The fraction of sp³-hybridized carbons (Fsp3) is 0.647. The summed E-state index contributed by atoms with van der Waals surface area (Å²) >= 11 is 0. The van der Waals surface area contributed by atoms with Gasteiger partial charge in [0.1, 0.15) is 12.4 Å². The summed E-state index contributed by atoms with van der Waals surface area (Å²) in [6.07, 6.45) is 0.0987. The summed E-state index contributed by atoms with van der Waals surface area (Å²) in [5, 5.41) is 3.44. The highest BCUT2D eigenvalue weighted by Gasteiger charge is 2.04. The SMILES string of the molecule is COCC(C)OCCOc1ccccc1CNCC(C)C. The van der Waals surface area contributed by atoms with Gasteiger partial charge in [-0.3, -0.25) is 0 Å². The number of para-hydroxylation sites is 1. The van der Waals surface area contributed by atoms with Crippen LogP contribution in [-0.2, 0) is 16.0 Å². The average molecular weight is 295 g/mol. The molecule has 1 N–H and O–H groups in total. The van der Waals surface area contributed by atoms with Gasteiger partial charge in [0.25, 0.3) is 0 Å². The van der Waals surface area contributed by atoms with E-state index in [0.717, 1.165) is 18.8 Å². The molecule has 0 aromatic heterocycles. The maximum absolute atomic E-state index is 5.82. The van der Waals surface area contributed by atoms with Crippen LogP contribution in [0.15, 0.2) is 24.3 Å². The highest BCUT2D eigenvalue weighted by molar-refractivity contribution is 5.33. The van der Waals surface area contributed by atoms with Crippen LogP contribution < -0.4 is 10.1 Å². The molecule has 0 saturated carbocycles. The van der Waals surface area contributed by atoms with Gasteiger partial charge in [0.2, 0.25) is 0 Å². The van der Waals surface area contributed by atoms with Gasteiger partial charge in [-0.05, 0) is 25.5 Å². The fourth-order valence-corrected chi connectivity index (χ4v) is 1.97. The van der Waals surface area contributed by atoms with Gasteiger partial charge in [-0.2, -0.15) is 0 Å². The molecule has 0 aliphatic carbocycles. The Balaban J connectivity index is 2.33. The molecule has 0 saturated heterocycles. The Kier molecular flexibility index (Phi) is 9.06. The second-order valence-corrected chi connectivity index (χ2v) is 5.62. The molecule has 4 nitrogen and oxygen atoms in total. The van der Waals surface area contributed by atoms with E-state index >= 15 is 0 Å². The smallest absolute Gasteiger partial charge is 0.123 e. The summed E-state index contributed by atoms with van der Waals surface area (Å²) < 4.78 is 16.4. The molecule has 1 rings (SSSR count). The third kappa shape index (κ3) is 8.05. The van der Waals surface area contributed by atoms with E-state index in [2.05, 4.69) is 25.2 Å². The van der Waals surface area contributed by atoms with Crippen LogP contribution in [0.4, 0.5) is 0 Å². The zero-order valence-electron chi connectivity index (χ0n) is 13.7. The summed E-state index contributed by atoms with van der Waals surface area (Å²) in [6.45, 7) is 9.96. The van der Waals surface area contributed by atoms with Gasteiger partial charge in [0, 0.05) is 19.2 Å². The number of benzene rings is 1. The van der Waals surface area contributed by atoms with Crippen LogP contribution in [0.3, 0.4) is 0 Å². The van der Waals surface area contributed by atoms with Crippen LogP contribution in [0.25, 0.3) is 0 Å². The lowest BCUT2D eigenvalue weighted by Crippen LogP contribution is -2.20. The lowest BCUT2D eigenvalue weighted by molar-refractivity contribution is -0.00223. The van der Waals surface area contributed by atoms with Crippen molar-refractivity contribution in [3.05, 3.63) is 29.8 Å². The summed E-state index contributed by atoms with van der Waals surface area (Å²) in [4.78, 5) is 0. The molecule has 0 amide bonds. The molecule has 0 aliphatic rings. The van der Waals surface area contributed by atoms with E-state index in [-0.39, 0.29) is 6.10 Å². The van der Waals surface area contributed by atoms with Crippen molar-refractivity contribution < 1.29 is 14.2 Å². The highest BCUT2D eigenvalue weighted by atomic mass is 16.5. The monoisotopic (exact) mass is 295 g/mol. The van der Waals surface area contributed by atoms with Crippen molar-refractivity contribution in [2.45, 2.75) is 33.4 Å². The van der Waals surface area contributed by atoms with Gasteiger partial charge >= 0.3 is 0 Å². The van der Waals surface area contributed by atoms with Crippen molar-refractivity contribution in [3.63, 3.8) is 0 Å². The van der Waals surface area contributed by atoms with Gasteiger partial charge in [-0.15, -0.1) is 0 Å². The summed E-state index contributed by atoms with van der Waals surface area (Å²) in [5.74, 6) is 1.57. The Morgan fingerprint density at radius 2 is 1.86 bits per heavy atom. The molecular weight excluding hydrogens is 266 g/mol. The number of ether oxygens (including phenoxy) is 3. The second-order valence-electron chi connectivity index (χ2n) is 5.62. The summed E-state index contributed by atoms with van der Waals surface area (Å²) in [5.41, 5.74) is 1.18. The van der Waals surface area contributed by atoms with Crippen molar-refractivity contribution in [2.24, 2.45) is 5.92 Å². The molecule has 1 unspecified atom stereocenters. The van der Waals surface area contributed by atoms with Crippen LogP contribution in [0, 0.1) is 5.92 Å². The molecule has 1 atom stereocenters. The van der Waals surface area contributed by atoms with Crippen LogP contribution in [0.1, 0.15) is 26.3 Å². The van der Waals surface area contributed by atoms with Crippen molar-refractivity contribution >= 4 is 0 Å². The number of hydrogen-bond donors (Lipinski definition) is 1. The zero-order chi connectivity index (χ0) is 15.5. The predicted molar refractivity (Wildman–Crippen MR) is 85.8 cm³/mol. The molecule has 0 bridgehead atoms. The first kappa shape index (κ1) is 18.0. The van der Waals surface area contributed by atoms with Gasteiger partial charge in [0.05, 0.1) is 19.3 Å². The quantitative estimate of drug-likeness (QED) is 0.637. The normalized spacial score (nSPS) is 12.6. The molecule has 0 radical (unpaired) electrons. The maximum atomic E-state index is 5.82. The first-order valence-electron chi connectivity index (χ1n) is 7.65. The number of rotatable bonds is 11. The van der Waals surface area contributed by atoms with Crippen molar-refractivity contribution in [3.8, 4) is 5.75 Å². The van der Waals surface area contributed by atoms with Crippen molar-refractivity contribution in [1.82, 2.24) is 5.32 Å². The van der Waals surface area contributed by atoms with Crippen molar-refractivity contribution in [1.29, 1.82) is 0 Å². The fourth-order valence-electron chi connectivity index (χ4n) is 1.97. The van der Waals surface area contributed by atoms with E-state index in [1.54, 1.807) is 7.11 Å². The Hall–Kier alpha value is -1.10. The largest absolute Gasteiger partial charge is 0.491 e. The first-order valence-corrected chi connectivity index (χ1v) is 7.65. The first-order chi connectivity index (χ1) is 10.1. The lowest BCUT2D eigenvalue weighted by atomic mass is 10.2. The Bertz CT molecular complexity index is 382. The van der Waals surface area contributed by atoms with E-state index in [0.29, 0.717) is 25.7 Å². The molecule has 0 heterocycles. The van der Waals surface area contributed by atoms with Crippen LogP contribution in [0.2, 0.25) is 0 Å². The molecule has 0 fully saturated rings. The minimum atomic E-state index is 0.0987. The van der Waals surface area contributed by atoms with Gasteiger partial charge in [0.15, 0.2) is 0 Å². The minimum absolute atomic E-state index is 0.0987. The minimum Gasteiger partial charge on any atom is -0.491 e. The Morgan fingerprint density at radius 1 is 1.10 bits per heavy atom. The van der Waals surface area contributed by atoms with Crippen LogP contribution in [-0.4, -0.2) is 39.6 Å². The van der Waals surface area contributed by atoms with Crippen LogP contribution in [0.5, 0.6) is 5.75 Å². The number of hydrogen-bond acceptors (Lipinski definition) is 4. The highest BCUT2D eigenvalue weighted by Crippen LogP contribution is 2.17.